The predicted molar refractivity (Wildman–Crippen MR) is 98.2 cm³/mol. The monoisotopic (exact) mass is 353 g/mol. The minimum absolute atomic E-state index is 0.117. The lowest BCUT2D eigenvalue weighted by atomic mass is 10.1. The third-order valence-corrected chi connectivity index (χ3v) is 3.97. The lowest BCUT2D eigenvalue weighted by molar-refractivity contribution is -0.128. The maximum absolute atomic E-state index is 11.2. The molecule has 1 aromatic heterocycles. The molecule has 0 aliphatic rings. The van der Waals surface area contributed by atoms with Gasteiger partial charge in [0.15, 0.2) is 11.5 Å². The number of fused-ring (bicyclic) bond motifs is 1. The molecule has 0 radical (unpaired) electrons. The highest BCUT2D eigenvalue weighted by molar-refractivity contribution is 5.95. The van der Waals surface area contributed by atoms with Crippen LogP contribution in [0.15, 0.2) is 48.7 Å². The van der Waals surface area contributed by atoms with Gasteiger partial charge in [-0.3, -0.25) is 15.0 Å². The average Bonchev–Trinajstić information content (AvgIpc) is 2.68. The quantitative estimate of drug-likeness (QED) is 0.466. The minimum Gasteiger partial charge on any atom is -0.493 e. The van der Waals surface area contributed by atoms with Crippen molar-refractivity contribution in [2.45, 2.75) is 6.42 Å². The summed E-state index contributed by atoms with van der Waals surface area (Å²) in [6.45, 7) is 0. The fourth-order valence-corrected chi connectivity index (χ4v) is 2.67. The molecule has 3 rings (SSSR count). The molecule has 0 bridgehead atoms. The van der Waals surface area contributed by atoms with E-state index in [0.29, 0.717) is 11.5 Å². The Hall–Kier alpha value is -3.32. The summed E-state index contributed by atoms with van der Waals surface area (Å²) in [5, 5.41) is 12.8. The van der Waals surface area contributed by atoms with Gasteiger partial charge >= 0.3 is 0 Å². The van der Waals surface area contributed by atoms with Crippen LogP contribution in [0.3, 0.4) is 0 Å². The minimum atomic E-state index is -0.452. The summed E-state index contributed by atoms with van der Waals surface area (Å²) < 4.78 is 10.7. The number of anilines is 2. The average molecular weight is 353 g/mol. The zero-order valence-corrected chi connectivity index (χ0v) is 14.4. The molecule has 0 saturated heterocycles. The number of hydrogen-bond acceptors (Lipinski definition) is 6. The number of benzene rings is 2. The van der Waals surface area contributed by atoms with Crippen molar-refractivity contribution in [3.05, 3.63) is 54.2 Å². The molecule has 3 N–H and O–H groups in total. The van der Waals surface area contributed by atoms with Crippen molar-refractivity contribution in [1.82, 2.24) is 10.5 Å². The number of ether oxygens (including phenoxy) is 2. The molecule has 134 valence electrons. The molecule has 7 nitrogen and oxygen atoms in total. The van der Waals surface area contributed by atoms with Crippen LogP contribution in [0.1, 0.15) is 5.56 Å². The largest absolute Gasteiger partial charge is 0.493 e. The number of methoxy groups -OCH3 is 2. The number of hydroxylamine groups is 1. The molecule has 0 aliphatic heterocycles. The summed E-state index contributed by atoms with van der Waals surface area (Å²) in [6, 6.07) is 13.0. The van der Waals surface area contributed by atoms with Crippen molar-refractivity contribution in [1.29, 1.82) is 0 Å². The Bertz CT molecular complexity index is 926. The maximum atomic E-state index is 11.2. The number of nitrogens with one attached hydrogen (secondary N) is 2. The Balaban J connectivity index is 1.90. The molecule has 0 atom stereocenters. The normalized spacial score (nSPS) is 10.4. The van der Waals surface area contributed by atoms with Crippen LogP contribution in [0.2, 0.25) is 0 Å². The molecular weight excluding hydrogens is 334 g/mol. The third kappa shape index (κ3) is 3.68. The lowest BCUT2D eigenvalue weighted by Gasteiger charge is -2.13. The zero-order valence-electron chi connectivity index (χ0n) is 14.4. The molecule has 1 amide bonds. The first kappa shape index (κ1) is 17.5. The van der Waals surface area contributed by atoms with Gasteiger partial charge in [0.1, 0.15) is 0 Å². The molecule has 26 heavy (non-hydrogen) atoms. The van der Waals surface area contributed by atoms with Crippen LogP contribution in [-0.2, 0) is 11.2 Å². The van der Waals surface area contributed by atoms with Crippen LogP contribution in [0.4, 0.5) is 11.4 Å². The van der Waals surface area contributed by atoms with E-state index in [1.54, 1.807) is 25.9 Å². The lowest BCUT2D eigenvalue weighted by Crippen LogP contribution is -2.20. The standard InChI is InChI=1S/C19H19N3O4/c1-25-17-10-14-15(7-8-20-16(14)11-18(17)26-2)21-13-5-3-12(4-6-13)9-19(23)22-24/h3-8,10-11,24H,9H2,1-2H3,(H,20,21)(H,22,23). The number of aromatic nitrogens is 1. The molecule has 0 fully saturated rings. The number of carbonyl (C=O) groups excluding carboxylic acids is 1. The van der Waals surface area contributed by atoms with E-state index in [2.05, 4.69) is 10.3 Å². The smallest absolute Gasteiger partial charge is 0.247 e. The van der Waals surface area contributed by atoms with E-state index in [9.17, 15) is 4.79 Å². The van der Waals surface area contributed by atoms with Gasteiger partial charge < -0.3 is 14.8 Å². The van der Waals surface area contributed by atoms with Crippen LogP contribution in [-0.4, -0.2) is 30.3 Å². The van der Waals surface area contributed by atoms with E-state index in [1.807, 2.05) is 42.5 Å². The molecular formula is C19H19N3O4. The van der Waals surface area contributed by atoms with Gasteiger partial charge in [0.25, 0.3) is 0 Å². The summed E-state index contributed by atoms with van der Waals surface area (Å²) in [6.07, 6.45) is 1.84. The first-order chi connectivity index (χ1) is 12.6. The highest BCUT2D eigenvalue weighted by Gasteiger charge is 2.10. The zero-order chi connectivity index (χ0) is 18.5. The SMILES string of the molecule is COc1cc2nccc(Nc3ccc(CC(=O)NO)cc3)c2cc1OC. The molecule has 0 spiro atoms. The van der Waals surface area contributed by atoms with Crippen LogP contribution in [0.5, 0.6) is 11.5 Å². The van der Waals surface area contributed by atoms with E-state index in [1.165, 1.54) is 0 Å². The topological polar surface area (TPSA) is 92.7 Å². The van der Waals surface area contributed by atoms with Gasteiger partial charge in [-0.25, -0.2) is 5.48 Å². The van der Waals surface area contributed by atoms with Gasteiger partial charge in [0.05, 0.1) is 26.2 Å². The Morgan fingerprint density at radius 3 is 2.42 bits per heavy atom. The van der Waals surface area contributed by atoms with Gasteiger partial charge in [0, 0.05) is 29.0 Å². The van der Waals surface area contributed by atoms with E-state index in [-0.39, 0.29) is 6.42 Å². The predicted octanol–water partition coefficient (Wildman–Crippen LogP) is 3.04. The Morgan fingerprint density at radius 2 is 1.77 bits per heavy atom. The number of amides is 1. The number of hydrogen-bond donors (Lipinski definition) is 3. The van der Waals surface area contributed by atoms with Crippen molar-refractivity contribution < 1.29 is 19.5 Å². The number of rotatable bonds is 6. The first-order valence-corrected chi connectivity index (χ1v) is 7.94. The Labute approximate surface area is 150 Å². The fourth-order valence-electron chi connectivity index (χ4n) is 2.67. The molecule has 7 heteroatoms. The molecule has 3 aromatic rings. The van der Waals surface area contributed by atoms with Crippen LogP contribution >= 0.6 is 0 Å². The third-order valence-electron chi connectivity index (χ3n) is 3.97. The number of pyridine rings is 1. The van der Waals surface area contributed by atoms with E-state index in [4.69, 9.17) is 14.7 Å². The van der Waals surface area contributed by atoms with Crippen molar-refractivity contribution >= 4 is 28.2 Å². The first-order valence-electron chi connectivity index (χ1n) is 7.94. The number of nitrogens with zero attached hydrogens (tertiary/aromatic N) is 1. The second-order valence-corrected chi connectivity index (χ2v) is 5.62. The van der Waals surface area contributed by atoms with Crippen molar-refractivity contribution in [2.75, 3.05) is 19.5 Å². The van der Waals surface area contributed by atoms with Crippen LogP contribution in [0.25, 0.3) is 10.9 Å². The molecule has 1 heterocycles. The van der Waals surface area contributed by atoms with E-state index >= 15 is 0 Å². The van der Waals surface area contributed by atoms with Gasteiger partial charge in [0.2, 0.25) is 5.91 Å². The molecule has 0 saturated carbocycles. The van der Waals surface area contributed by atoms with Gasteiger partial charge in [-0.15, -0.1) is 0 Å². The van der Waals surface area contributed by atoms with E-state index in [0.717, 1.165) is 27.8 Å². The number of carbonyl (C=O) groups is 1. The highest BCUT2D eigenvalue weighted by Crippen LogP contribution is 2.35. The summed E-state index contributed by atoms with van der Waals surface area (Å²) >= 11 is 0. The van der Waals surface area contributed by atoms with E-state index < -0.39 is 5.91 Å². The van der Waals surface area contributed by atoms with Crippen LogP contribution < -0.4 is 20.3 Å². The van der Waals surface area contributed by atoms with Crippen molar-refractivity contribution in [3.8, 4) is 11.5 Å². The highest BCUT2D eigenvalue weighted by atomic mass is 16.5. The van der Waals surface area contributed by atoms with Gasteiger partial charge in [-0.1, -0.05) is 12.1 Å². The second kappa shape index (κ2) is 7.71. The van der Waals surface area contributed by atoms with Crippen LogP contribution in [0, 0.1) is 0 Å². The van der Waals surface area contributed by atoms with Crippen molar-refractivity contribution in [3.63, 3.8) is 0 Å². The summed E-state index contributed by atoms with van der Waals surface area (Å²) in [5.41, 5.74) is 4.94. The summed E-state index contributed by atoms with van der Waals surface area (Å²) in [7, 11) is 3.18. The summed E-state index contributed by atoms with van der Waals surface area (Å²) in [4.78, 5) is 15.6. The molecule has 2 aromatic carbocycles. The fraction of sp³-hybridized carbons (Fsp3) is 0.158. The molecule has 0 unspecified atom stereocenters. The Kier molecular flexibility index (Phi) is 5.19. The van der Waals surface area contributed by atoms with Gasteiger partial charge in [-0.05, 0) is 29.8 Å². The van der Waals surface area contributed by atoms with Gasteiger partial charge in [-0.2, -0.15) is 0 Å². The summed E-state index contributed by atoms with van der Waals surface area (Å²) in [5.74, 6) is 0.796. The maximum Gasteiger partial charge on any atom is 0.247 e. The second-order valence-electron chi connectivity index (χ2n) is 5.62. The molecule has 0 aliphatic carbocycles. The van der Waals surface area contributed by atoms with Crippen molar-refractivity contribution in [2.24, 2.45) is 0 Å². The Morgan fingerprint density at radius 1 is 1.08 bits per heavy atom.